The average molecular weight is 381 g/mol. The van der Waals surface area contributed by atoms with Crippen molar-refractivity contribution >= 4 is 11.6 Å². The van der Waals surface area contributed by atoms with Gasteiger partial charge in [0.25, 0.3) is 0 Å². The molecule has 0 N–H and O–H groups in total. The number of hydrogen-bond donors (Lipinski definition) is 0. The molecule has 0 spiro atoms. The molecule has 0 unspecified atom stereocenters. The minimum atomic E-state index is 0.161. The molecule has 0 heterocycles. The Kier molecular flexibility index (Phi) is 13.2. The fourth-order valence-corrected chi connectivity index (χ4v) is 3.36. The molecule has 156 valence electrons. The molecule has 0 aromatic rings. The fraction of sp³-hybridized carbons (Fsp3) is 0.739. The van der Waals surface area contributed by atoms with Gasteiger partial charge in [0.1, 0.15) is 0 Å². The van der Waals surface area contributed by atoms with E-state index in [2.05, 4.69) is 41.3 Å². The van der Waals surface area contributed by atoms with Gasteiger partial charge in [0.15, 0.2) is 11.6 Å². The first kappa shape index (κ1) is 25.7. The summed E-state index contributed by atoms with van der Waals surface area (Å²) in [6, 6.07) is 0. The highest BCUT2D eigenvalue weighted by Crippen LogP contribution is 2.11. The molecule has 0 saturated carbocycles. The molecule has 0 aliphatic rings. The van der Waals surface area contributed by atoms with Gasteiger partial charge in [-0.1, -0.05) is 13.2 Å². The highest BCUT2D eigenvalue weighted by molar-refractivity contribution is 5.89. The summed E-state index contributed by atoms with van der Waals surface area (Å²) in [5, 5.41) is 0. The summed E-state index contributed by atoms with van der Waals surface area (Å²) in [4.78, 5) is 22.5. The third-order valence-corrected chi connectivity index (χ3v) is 5.36. The first-order chi connectivity index (χ1) is 12.6. The number of hydrogen-bond acceptors (Lipinski definition) is 2. The molecular formula is C23H44N2O2+2. The van der Waals surface area contributed by atoms with E-state index in [1.54, 1.807) is 0 Å². The van der Waals surface area contributed by atoms with Crippen LogP contribution in [0.5, 0.6) is 0 Å². The van der Waals surface area contributed by atoms with Crippen molar-refractivity contribution in [3.8, 4) is 0 Å². The number of rotatable bonds is 18. The lowest BCUT2D eigenvalue weighted by molar-refractivity contribution is -0.892. The fourth-order valence-electron chi connectivity index (χ4n) is 3.36. The van der Waals surface area contributed by atoms with Crippen molar-refractivity contribution in [3.63, 3.8) is 0 Å². The highest BCUT2D eigenvalue weighted by Gasteiger charge is 2.16. The van der Waals surface area contributed by atoms with Crippen LogP contribution in [0.25, 0.3) is 0 Å². The number of nitrogens with zero attached hydrogens (tertiary/aromatic N) is 2. The SMILES string of the molecule is C=CC(=O)CCCC[N+](C)(C)CCCCC[N+](C)(C)CCCCC(=O)C=C. The monoisotopic (exact) mass is 380 g/mol. The minimum Gasteiger partial charge on any atom is -0.328 e. The summed E-state index contributed by atoms with van der Waals surface area (Å²) in [5.41, 5.74) is 0. The predicted molar refractivity (Wildman–Crippen MR) is 116 cm³/mol. The summed E-state index contributed by atoms with van der Waals surface area (Å²) >= 11 is 0. The molecule has 0 aliphatic carbocycles. The van der Waals surface area contributed by atoms with Crippen LogP contribution >= 0.6 is 0 Å². The van der Waals surface area contributed by atoms with Gasteiger partial charge in [-0.2, -0.15) is 0 Å². The molecule has 0 aromatic carbocycles. The number of allylic oxidation sites excluding steroid dienone is 2. The van der Waals surface area contributed by atoms with Gasteiger partial charge < -0.3 is 8.97 Å². The van der Waals surface area contributed by atoms with Gasteiger partial charge in [0, 0.05) is 12.8 Å². The van der Waals surface area contributed by atoms with Crippen LogP contribution in [0, 0.1) is 0 Å². The summed E-state index contributed by atoms with van der Waals surface area (Å²) in [5.74, 6) is 0.321. The van der Waals surface area contributed by atoms with E-state index >= 15 is 0 Å². The maximum Gasteiger partial charge on any atom is 0.155 e. The highest BCUT2D eigenvalue weighted by atomic mass is 16.1. The van der Waals surface area contributed by atoms with Crippen LogP contribution in [0.3, 0.4) is 0 Å². The molecule has 0 aromatic heterocycles. The third-order valence-electron chi connectivity index (χ3n) is 5.36. The zero-order valence-corrected chi connectivity index (χ0v) is 18.5. The largest absolute Gasteiger partial charge is 0.328 e. The molecule has 0 radical (unpaired) electrons. The van der Waals surface area contributed by atoms with Gasteiger partial charge in [0.05, 0.1) is 54.4 Å². The predicted octanol–water partition coefficient (Wildman–Crippen LogP) is 4.16. The van der Waals surface area contributed by atoms with Gasteiger partial charge >= 0.3 is 0 Å². The van der Waals surface area contributed by atoms with Crippen molar-refractivity contribution < 1.29 is 18.6 Å². The first-order valence-electron chi connectivity index (χ1n) is 10.6. The second-order valence-electron chi connectivity index (χ2n) is 9.08. The molecule has 4 nitrogen and oxygen atoms in total. The van der Waals surface area contributed by atoms with Gasteiger partial charge in [-0.15, -0.1) is 0 Å². The van der Waals surface area contributed by atoms with Gasteiger partial charge in [-0.3, -0.25) is 9.59 Å². The third kappa shape index (κ3) is 15.5. The first-order valence-corrected chi connectivity index (χ1v) is 10.6. The molecule has 0 rings (SSSR count). The van der Waals surface area contributed by atoms with Crippen molar-refractivity contribution in [2.24, 2.45) is 0 Å². The van der Waals surface area contributed by atoms with E-state index < -0.39 is 0 Å². The molecule has 0 aliphatic heterocycles. The van der Waals surface area contributed by atoms with Crippen LogP contribution in [-0.2, 0) is 9.59 Å². The summed E-state index contributed by atoms with van der Waals surface area (Å²) < 4.78 is 2.08. The Balaban J connectivity index is 3.79. The molecule has 0 fully saturated rings. The molecular weight excluding hydrogens is 336 g/mol. The average Bonchev–Trinajstić information content (AvgIpc) is 2.61. The molecule has 0 atom stereocenters. The number of ketones is 2. The van der Waals surface area contributed by atoms with E-state index in [1.165, 1.54) is 44.5 Å². The van der Waals surface area contributed by atoms with Gasteiger partial charge in [-0.25, -0.2) is 0 Å². The Hall–Kier alpha value is -1.26. The van der Waals surface area contributed by atoms with Crippen molar-refractivity contribution in [2.45, 2.75) is 57.8 Å². The lowest BCUT2D eigenvalue weighted by Gasteiger charge is -2.31. The molecule has 0 bridgehead atoms. The van der Waals surface area contributed by atoms with E-state index in [9.17, 15) is 9.59 Å². The van der Waals surface area contributed by atoms with Crippen molar-refractivity contribution in [3.05, 3.63) is 25.3 Å². The summed E-state index contributed by atoms with van der Waals surface area (Å²) in [7, 11) is 9.17. The van der Waals surface area contributed by atoms with Crippen LogP contribution < -0.4 is 0 Å². The van der Waals surface area contributed by atoms with Crippen molar-refractivity contribution in [1.82, 2.24) is 0 Å². The normalized spacial score (nSPS) is 12.0. The smallest absolute Gasteiger partial charge is 0.155 e. The number of carbonyl (C=O) groups excluding carboxylic acids is 2. The van der Waals surface area contributed by atoms with Crippen LogP contribution in [0.2, 0.25) is 0 Å². The van der Waals surface area contributed by atoms with Gasteiger partial charge in [-0.05, 0) is 57.1 Å². The lowest BCUT2D eigenvalue weighted by atomic mass is 10.1. The number of unbranched alkanes of at least 4 members (excludes halogenated alkanes) is 4. The van der Waals surface area contributed by atoms with Crippen LogP contribution in [0.4, 0.5) is 0 Å². The topological polar surface area (TPSA) is 34.1 Å². The van der Waals surface area contributed by atoms with E-state index in [4.69, 9.17) is 0 Å². The van der Waals surface area contributed by atoms with E-state index in [-0.39, 0.29) is 11.6 Å². The Bertz CT molecular complexity index is 425. The minimum absolute atomic E-state index is 0.161. The van der Waals surface area contributed by atoms with Crippen LogP contribution in [0.15, 0.2) is 25.3 Å². The van der Waals surface area contributed by atoms with Crippen molar-refractivity contribution in [2.75, 3.05) is 54.4 Å². The molecule has 0 saturated heterocycles. The standard InChI is InChI=1S/C23H44N2O2/c1-7-22(26)16-10-14-20-24(3,4)18-12-9-13-19-25(5,6)21-15-11-17-23(27)8-2/h7-8H,1-2,9-21H2,3-6H3/q+2. The molecule has 27 heavy (non-hydrogen) atoms. The Morgan fingerprint density at radius 2 is 0.889 bits per heavy atom. The van der Waals surface area contributed by atoms with Crippen molar-refractivity contribution in [1.29, 1.82) is 0 Å². The van der Waals surface area contributed by atoms with E-state index in [1.807, 2.05) is 0 Å². The van der Waals surface area contributed by atoms with Gasteiger partial charge in [0.2, 0.25) is 0 Å². The Labute approximate surface area is 168 Å². The Morgan fingerprint density at radius 3 is 1.19 bits per heavy atom. The zero-order chi connectivity index (χ0) is 20.8. The van der Waals surface area contributed by atoms with E-state index in [0.717, 1.165) is 47.7 Å². The lowest BCUT2D eigenvalue weighted by Crippen LogP contribution is -2.42. The number of carbonyl (C=O) groups is 2. The maximum absolute atomic E-state index is 11.2. The van der Waals surface area contributed by atoms with E-state index in [0.29, 0.717) is 12.8 Å². The zero-order valence-electron chi connectivity index (χ0n) is 18.5. The quantitative estimate of drug-likeness (QED) is 0.203. The maximum atomic E-state index is 11.2. The second kappa shape index (κ2) is 13.8. The Morgan fingerprint density at radius 1 is 0.593 bits per heavy atom. The second-order valence-corrected chi connectivity index (χ2v) is 9.08. The number of quaternary nitrogens is 2. The summed E-state index contributed by atoms with van der Waals surface area (Å²) in [6.45, 7) is 11.7. The molecule has 0 amide bonds. The van der Waals surface area contributed by atoms with Crippen LogP contribution in [0.1, 0.15) is 57.8 Å². The summed E-state index contributed by atoms with van der Waals surface area (Å²) in [6.07, 6.45) is 12.1. The molecule has 4 heteroatoms. The van der Waals surface area contributed by atoms with Crippen LogP contribution in [-0.4, -0.2) is 74.9 Å².